The number of halogens is 2. The summed E-state index contributed by atoms with van der Waals surface area (Å²) >= 11 is 0. The molecule has 0 saturated heterocycles. The van der Waals surface area contributed by atoms with Crippen molar-refractivity contribution in [1.29, 1.82) is 0 Å². The molecule has 2 N–H and O–H groups in total. The number of hydrogen-bond donors (Lipinski definition) is 2. The van der Waals surface area contributed by atoms with E-state index >= 15 is 0 Å². The van der Waals surface area contributed by atoms with Crippen LogP contribution < -0.4 is 20.1 Å². The van der Waals surface area contributed by atoms with Gasteiger partial charge in [-0.05, 0) is 56.0 Å². The lowest BCUT2D eigenvalue weighted by molar-refractivity contribution is 0.0926. The number of nitrogens with one attached hydrogen (secondary N) is 2. The number of amides is 1. The molecule has 2 heterocycles. The van der Waals surface area contributed by atoms with Crippen LogP contribution >= 0.6 is 0 Å². The zero-order valence-electron chi connectivity index (χ0n) is 18.0. The molecule has 1 aliphatic carbocycles. The highest BCUT2D eigenvalue weighted by molar-refractivity contribution is 5.95. The molecule has 2 aromatic heterocycles. The fourth-order valence-electron chi connectivity index (χ4n) is 4.09. The van der Waals surface area contributed by atoms with Crippen LogP contribution in [0.5, 0.6) is 11.5 Å². The van der Waals surface area contributed by atoms with E-state index in [1.807, 2.05) is 6.07 Å². The van der Waals surface area contributed by atoms with E-state index in [-0.39, 0.29) is 23.7 Å². The Labute approximate surface area is 184 Å². The minimum Gasteiger partial charge on any atom is -0.493 e. The second kappa shape index (κ2) is 9.42. The molecule has 0 radical (unpaired) electrons. The van der Waals surface area contributed by atoms with Crippen LogP contribution in [0, 0.1) is 0 Å². The second-order valence-corrected chi connectivity index (χ2v) is 7.84. The molecule has 3 aromatic rings. The number of nitrogens with zero attached hydrogens (tertiary/aromatic N) is 2. The van der Waals surface area contributed by atoms with Crippen LogP contribution in [0.2, 0.25) is 0 Å². The maximum absolute atomic E-state index is 13.0. The van der Waals surface area contributed by atoms with Crippen molar-refractivity contribution in [1.82, 2.24) is 14.7 Å². The third kappa shape index (κ3) is 4.61. The van der Waals surface area contributed by atoms with Crippen LogP contribution in [0.1, 0.15) is 48.2 Å². The van der Waals surface area contributed by atoms with Gasteiger partial charge in [0.2, 0.25) is 0 Å². The fourth-order valence-corrected chi connectivity index (χ4v) is 4.09. The van der Waals surface area contributed by atoms with Gasteiger partial charge in [-0.15, -0.1) is 0 Å². The molecule has 4 rings (SSSR count). The van der Waals surface area contributed by atoms with Gasteiger partial charge in [-0.25, -0.2) is 13.8 Å². The molecule has 170 valence electrons. The van der Waals surface area contributed by atoms with Crippen LogP contribution in [0.25, 0.3) is 5.65 Å². The normalized spacial score (nSPS) is 18.5. The van der Waals surface area contributed by atoms with Gasteiger partial charge in [0.15, 0.2) is 11.5 Å². The maximum atomic E-state index is 13.0. The first-order valence-electron chi connectivity index (χ1n) is 10.5. The van der Waals surface area contributed by atoms with E-state index in [0.717, 1.165) is 31.5 Å². The van der Waals surface area contributed by atoms with E-state index < -0.39 is 6.43 Å². The summed E-state index contributed by atoms with van der Waals surface area (Å²) in [5, 5.41) is 6.54. The zero-order valence-corrected chi connectivity index (χ0v) is 18.0. The third-order valence-electron chi connectivity index (χ3n) is 5.79. The number of anilines is 1. The Morgan fingerprint density at radius 3 is 2.47 bits per heavy atom. The molecule has 0 aliphatic heterocycles. The van der Waals surface area contributed by atoms with Crippen LogP contribution in [0.4, 0.5) is 14.6 Å². The van der Waals surface area contributed by atoms with Gasteiger partial charge in [0.1, 0.15) is 17.2 Å². The maximum Gasteiger partial charge on any atom is 0.281 e. The first-order chi connectivity index (χ1) is 15.5. The second-order valence-electron chi connectivity index (χ2n) is 7.84. The fraction of sp³-hybridized carbons (Fsp3) is 0.391. The summed E-state index contributed by atoms with van der Waals surface area (Å²) < 4.78 is 38.1. The number of aromatic nitrogens is 2. The lowest BCUT2D eigenvalue weighted by atomic mass is 9.91. The molecule has 0 unspecified atom stereocenters. The number of imidazole rings is 1. The van der Waals surface area contributed by atoms with Crippen molar-refractivity contribution in [2.24, 2.45) is 0 Å². The van der Waals surface area contributed by atoms with E-state index in [0.29, 0.717) is 22.7 Å². The number of methoxy groups -OCH3 is 2. The molecule has 1 amide bonds. The van der Waals surface area contributed by atoms with Crippen LogP contribution in [0.3, 0.4) is 0 Å². The highest BCUT2D eigenvalue weighted by Crippen LogP contribution is 2.28. The van der Waals surface area contributed by atoms with Gasteiger partial charge in [-0.3, -0.25) is 9.20 Å². The average Bonchev–Trinajstić information content (AvgIpc) is 3.26. The van der Waals surface area contributed by atoms with Crippen molar-refractivity contribution in [2.75, 3.05) is 19.5 Å². The first-order valence-corrected chi connectivity index (χ1v) is 10.5. The Hall–Kier alpha value is -3.36. The minimum atomic E-state index is -2.60. The molecule has 0 bridgehead atoms. The van der Waals surface area contributed by atoms with Crippen LogP contribution in [-0.2, 0) is 0 Å². The molecular formula is C23H26F2N4O3. The number of hydrogen-bond acceptors (Lipinski definition) is 5. The van der Waals surface area contributed by atoms with Gasteiger partial charge in [0.05, 0.1) is 14.2 Å². The number of fused-ring (bicyclic) bond motifs is 1. The summed E-state index contributed by atoms with van der Waals surface area (Å²) in [4.78, 5) is 16.6. The van der Waals surface area contributed by atoms with Crippen molar-refractivity contribution < 1.29 is 23.0 Å². The molecule has 0 atom stereocenters. The van der Waals surface area contributed by atoms with Gasteiger partial charge >= 0.3 is 0 Å². The van der Waals surface area contributed by atoms with Crippen molar-refractivity contribution in [3.63, 3.8) is 0 Å². The zero-order chi connectivity index (χ0) is 22.7. The molecule has 1 aliphatic rings. The molecular weight excluding hydrogens is 418 g/mol. The van der Waals surface area contributed by atoms with E-state index in [9.17, 15) is 13.6 Å². The lowest BCUT2D eigenvalue weighted by Gasteiger charge is -2.30. The predicted octanol–water partition coefficient (Wildman–Crippen LogP) is 4.44. The van der Waals surface area contributed by atoms with Crippen molar-refractivity contribution in [2.45, 2.75) is 44.2 Å². The quantitative estimate of drug-likeness (QED) is 0.563. The number of rotatable bonds is 7. The van der Waals surface area contributed by atoms with Gasteiger partial charge in [0, 0.05) is 23.8 Å². The summed E-state index contributed by atoms with van der Waals surface area (Å²) in [5.41, 5.74) is 0.770. The molecule has 9 heteroatoms. The van der Waals surface area contributed by atoms with Crippen LogP contribution in [-0.4, -0.2) is 41.6 Å². The number of benzene rings is 1. The number of carbonyl (C=O) groups excluding carboxylic acids is 1. The van der Waals surface area contributed by atoms with Crippen molar-refractivity contribution >= 4 is 17.4 Å². The monoisotopic (exact) mass is 444 g/mol. The Balaban J connectivity index is 1.35. The van der Waals surface area contributed by atoms with Crippen molar-refractivity contribution in [3.05, 3.63) is 53.9 Å². The highest BCUT2D eigenvalue weighted by Gasteiger charge is 2.24. The van der Waals surface area contributed by atoms with E-state index in [1.165, 1.54) is 13.3 Å². The lowest BCUT2D eigenvalue weighted by Crippen LogP contribution is -2.40. The van der Waals surface area contributed by atoms with Gasteiger partial charge in [-0.1, -0.05) is 6.07 Å². The topological polar surface area (TPSA) is 76.9 Å². The summed E-state index contributed by atoms with van der Waals surface area (Å²) in [7, 11) is 3.08. The van der Waals surface area contributed by atoms with E-state index in [2.05, 4.69) is 15.6 Å². The van der Waals surface area contributed by atoms with Gasteiger partial charge < -0.3 is 20.1 Å². The number of pyridine rings is 1. The van der Waals surface area contributed by atoms with E-state index in [4.69, 9.17) is 9.47 Å². The molecule has 32 heavy (non-hydrogen) atoms. The molecule has 1 saturated carbocycles. The van der Waals surface area contributed by atoms with Gasteiger partial charge in [0.25, 0.3) is 12.3 Å². The minimum absolute atomic E-state index is 0.0723. The predicted molar refractivity (Wildman–Crippen MR) is 117 cm³/mol. The molecule has 7 nitrogen and oxygen atoms in total. The number of ether oxygens (including phenoxy) is 2. The molecule has 0 spiro atoms. The van der Waals surface area contributed by atoms with E-state index in [1.54, 1.807) is 41.8 Å². The standard InChI is InChI=1S/C23H26F2N4O3/c1-31-18-11-6-14(12-19(18)32-2)23(30)27-16-9-7-15(8-10-16)26-20-4-3-5-21-28-17(22(24)25)13-29(20)21/h3-6,11-13,15-16,22,26H,7-10H2,1-2H3,(H,27,30)/t15-,16+. The van der Waals surface area contributed by atoms with Crippen molar-refractivity contribution in [3.8, 4) is 11.5 Å². The Bertz CT molecular complexity index is 1090. The number of alkyl halides is 2. The largest absolute Gasteiger partial charge is 0.493 e. The summed E-state index contributed by atoms with van der Waals surface area (Å²) in [5.74, 6) is 1.67. The molecule has 1 aromatic carbocycles. The summed E-state index contributed by atoms with van der Waals surface area (Å²) in [6.07, 6.45) is 2.11. The average molecular weight is 444 g/mol. The number of carbonyl (C=O) groups is 1. The SMILES string of the molecule is COc1ccc(C(=O)N[C@H]2CC[C@@H](Nc3cccc4nc(C(F)F)cn34)CC2)cc1OC. The Morgan fingerprint density at radius 2 is 1.78 bits per heavy atom. The first kappa shape index (κ1) is 21.9. The third-order valence-corrected chi connectivity index (χ3v) is 5.79. The smallest absolute Gasteiger partial charge is 0.281 e. The Morgan fingerprint density at radius 1 is 1.06 bits per heavy atom. The summed E-state index contributed by atoms with van der Waals surface area (Å²) in [6.45, 7) is 0. The van der Waals surface area contributed by atoms with Crippen LogP contribution in [0.15, 0.2) is 42.6 Å². The summed E-state index contributed by atoms with van der Waals surface area (Å²) in [6, 6.07) is 10.7. The highest BCUT2D eigenvalue weighted by atomic mass is 19.3. The van der Waals surface area contributed by atoms with Gasteiger partial charge in [-0.2, -0.15) is 0 Å². The Kier molecular flexibility index (Phi) is 6.43. The molecule has 1 fully saturated rings.